The Morgan fingerprint density at radius 1 is 1.35 bits per heavy atom. The summed E-state index contributed by atoms with van der Waals surface area (Å²) in [5.41, 5.74) is -0.0519. The maximum absolute atomic E-state index is 11.6. The number of benzene rings is 1. The van der Waals surface area contributed by atoms with Gasteiger partial charge in [-0.3, -0.25) is 4.79 Å². The summed E-state index contributed by atoms with van der Waals surface area (Å²) in [6, 6.07) is 7.59. The van der Waals surface area contributed by atoms with E-state index in [1.165, 1.54) is 6.42 Å². The first kappa shape index (κ1) is 13.2. The number of fused-ring (bicyclic) bond motifs is 1. The van der Waals surface area contributed by atoms with Crippen molar-refractivity contribution in [2.75, 3.05) is 13.6 Å². The zero-order valence-corrected chi connectivity index (χ0v) is 11.7. The minimum Gasteiger partial charge on any atom is -0.490 e. The topological polar surface area (TPSA) is 54.1 Å². The highest BCUT2D eigenvalue weighted by Gasteiger charge is 2.25. The molecule has 2 aromatic rings. The maximum Gasteiger partial charge on any atom is 0.255 e. The Labute approximate surface area is 118 Å². The zero-order chi connectivity index (χ0) is 13.9. The van der Waals surface area contributed by atoms with E-state index in [9.17, 15) is 4.79 Å². The summed E-state index contributed by atoms with van der Waals surface area (Å²) in [7, 11) is 2.00. The first-order valence-electron chi connectivity index (χ1n) is 7.19. The van der Waals surface area contributed by atoms with Crippen LogP contribution in [0.2, 0.25) is 0 Å². The molecule has 2 atom stereocenters. The number of hydrogen-bond acceptors (Lipinski definition) is 3. The third-order valence-corrected chi connectivity index (χ3v) is 4.03. The number of ether oxygens (including phenoxy) is 1. The average Bonchev–Trinajstić information content (AvgIpc) is 2.87. The first-order valence-corrected chi connectivity index (χ1v) is 7.19. The second-order valence-corrected chi connectivity index (χ2v) is 5.53. The fourth-order valence-electron chi connectivity index (χ4n) is 3.05. The summed E-state index contributed by atoms with van der Waals surface area (Å²) in [5, 5.41) is 4.87. The molecule has 3 rings (SSSR count). The minimum atomic E-state index is -0.0519. The number of pyridine rings is 1. The molecule has 2 N–H and O–H groups in total. The van der Waals surface area contributed by atoms with E-state index in [4.69, 9.17) is 4.74 Å². The average molecular weight is 272 g/mol. The Hall–Kier alpha value is -1.81. The van der Waals surface area contributed by atoms with Gasteiger partial charge in [-0.05, 0) is 68.4 Å². The normalized spacial score (nSPS) is 22.2. The molecule has 0 bridgehead atoms. The van der Waals surface area contributed by atoms with Gasteiger partial charge >= 0.3 is 0 Å². The van der Waals surface area contributed by atoms with E-state index in [0.29, 0.717) is 17.4 Å². The molecule has 4 heteroatoms. The molecule has 4 nitrogen and oxygen atoms in total. The Morgan fingerprint density at radius 3 is 3.10 bits per heavy atom. The van der Waals surface area contributed by atoms with E-state index in [2.05, 4.69) is 10.3 Å². The van der Waals surface area contributed by atoms with Crippen LogP contribution >= 0.6 is 0 Å². The molecule has 0 radical (unpaired) electrons. The van der Waals surface area contributed by atoms with Crippen molar-refractivity contribution in [1.82, 2.24) is 10.3 Å². The summed E-state index contributed by atoms with van der Waals surface area (Å²) in [4.78, 5) is 14.3. The van der Waals surface area contributed by atoms with Crippen molar-refractivity contribution in [2.45, 2.75) is 25.4 Å². The molecule has 0 saturated heterocycles. The second kappa shape index (κ2) is 5.67. The second-order valence-electron chi connectivity index (χ2n) is 5.53. The van der Waals surface area contributed by atoms with Gasteiger partial charge in [-0.2, -0.15) is 0 Å². The molecular weight excluding hydrogens is 252 g/mol. The summed E-state index contributed by atoms with van der Waals surface area (Å²) in [6.07, 6.45) is 5.41. The molecule has 0 spiro atoms. The quantitative estimate of drug-likeness (QED) is 0.898. The lowest BCUT2D eigenvalue weighted by atomic mass is 10.1. The molecule has 0 aliphatic heterocycles. The lowest BCUT2D eigenvalue weighted by Gasteiger charge is -2.14. The van der Waals surface area contributed by atoms with E-state index < -0.39 is 0 Å². The largest absolute Gasteiger partial charge is 0.490 e. The maximum atomic E-state index is 11.6. The Morgan fingerprint density at radius 2 is 2.25 bits per heavy atom. The number of H-pyrrole nitrogens is 1. The van der Waals surface area contributed by atoms with Gasteiger partial charge in [0.2, 0.25) is 0 Å². The van der Waals surface area contributed by atoms with Gasteiger partial charge in [0, 0.05) is 11.6 Å². The van der Waals surface area contributed by atoms with Crippen molar-refractivity contribution in [3.8, 4) is 5.75 Å². The summed E-state index contributed by atoms with van der Waals surface area (Å²) >= 11 is 0. The molecule has 1 aliphatic rings. The van der Waals surface area contributed by atoms with Gasteiger partial charge in [0.1, 0.15) is 5.75 Å². The molecule has 0 unspecified atom stereocenters. The van der Waals surface area contributed by atoms with E-state index in [-0.39, 0.29) is 5.56 Å². The van der Waals surface area contributed by atoms with Gasteiger partial charge < -0.3 is 15.0 Å². The van der Waals surface area contributed by atoms with Crippen molar-refractivity contribution < 1.29 is 4.74 Å². The molecule has 1 saturated carbocycles. The van der Waals surface area contributed by atoms with Crippen LogP contribution in [0.4, 0.5) is 0 Å². The molecule has 20 heavy (non-hydrogen) atoms. The number of hydrogen-bond donors (Lipinski definition) is 2. The lowest BCUT2D eigenvalue weighted by Crippen LogP contribution is -2.18. The van der Waals surface area contributed by atoms with Gasteiger partial charge in [-0.15, -0.1) is 0 Å². The molecular formula is C16H20N2O2. The van der Waals surface area contributed by atoms with Crippen molar-refractivity contribution in [2.24, 2.45) is 5.92 Å². The van der Waals surface area contributed by atoms with E-state index in [0.717, 1.165) is 30.5 Å². The van der Waals surface area contributed by atoms with Crippen LogP contribution in [0.3, 0.4) is 0 Å². The van der Waals surface area contributed by atoms with Crippen LogP contribution in [-0.2, 0) is 0 Å². The van der Waals surface area contributed by atoms with E-state index in [1.807, 2.05) is 31.3 Å². The van der Waals surface area contributed by atoms with Crippen LogP contribution in [0.1, 0.15) is 19.3 Å². The SMILES string of the molecule is CNC[C@H]1CC[C@H](Oc2ccc3c(=O)[nH]ccc3c2)C1. The van der Waals surface area contributed by atoms with Crippen LogP contribution in [-0.4, -0.2) is 24.7 Å². The van der Waals surface area contributed by atoms with Crippen molar-refractivity contribution in [1.29, 1.82) is 0 Å². The van der Waals surface area contributed by atoms with Crippen LogP contribution in [0.5, 0.6) is 5.75 Å². The van der Waals surface area contributed by atoms with Crippen LogP contribution in [0.25, 0.3) is 10.8 Å². The van der Waals surface area contributed by atoms with Gasteiger partial charge in [0.15, 0.2) is 0 Å². The number of rotatable bonds is 4. The number of aromatic amines is 1. The van der Waals surface area contributed by atoms with Crippen LogP contribution < -0.4 is 15.6 Å². The van der Waals surface area contributed by atoms with Crippen molar-refractivity contribution in [3.63, 3.8) is 0 Å². The number of nitrogens with one attached hydrogen (secondary N) is 2. The lowest BCUT2D eigenvalue weighted by molar-refractivity contribution is 0.204. The fourth-order valence-corrected chi connectivity index (χ4v) is 3.05. The fraction of sp³-hybridized carbons (Fsp3) is 0.438. The molecule has 1 fully saturated rings. The molecule has 1 heterocycles. The van der Waals surface area contributed by atoms with Crippen LogP contribution in [0.15, 0.2) is 35.3 Å². The number of aromatic nitrogens is 1. The smallest absolute Gasteiger partial charge is 0.255 e. The summed E-state index contributed by atoms with van der Waals surface area (Å²) in [6.45, 7) is 1.06. The van der Waals surface area contributed by atoms with Gasteiger partial charge in [0.25, 0.3) is 5.56 Å². The summed E-state index contributed by atoms with van der Waals surface area (Å²) < 4.78 is 6.06. The summed E-state index contributed by atoms with van der Waals surface area (Å²) in [5.74, 6) is 1.58. The molecule has 1 aromatic carbocycles. The zero-order valence-electron chi connectivity index (χ0n) is 11.7. The molecule has 1 aromatic heterocycles. The van der Waals surface area contributed by atoms with E-state index in [1.54, 1.807) is 6.20 Å². The van der Waals surface area contributed by atoms with Gasteiger partial charge in [0.05, 0.1) is 6.10 Å². The molecule has 106 valence electrons. The predicted octanol–water partition coefficient (Wildman–Crippen LogP) is 2.29. The highest BCUT2D eigenvalue weighted by atomic mass is 16.5. The van der Waals surface area contributed by atoms with Crippen molar-refractivity contribution >= 4 is 10.8 Å². The van der Waals surface area contributed by atoms with E-state index >= 15 is 0 Å². The third-order valence-electron chi connectivity index (χ3n) is 4.03. The third kappa shape index (κ3) is 2.70. The highest BCUT2D eigenvalue weighted by Crippen LogP contribution is 2.29. The predicted molar refractivity (Wildman–Crippen MR) is 80.3 cm³/mol. The minimum absolute atomic E-state index is 0.0519. The standard InChI is InChI=1S/C16H20N2O2/c1-17-10-11-2-3-13(8-11)20-14-4-5-15-12(9-14)6-7-18-16(15)19/h4-7,9,11,13,17H,2-3,8,10H2,1H3,(H,18,19)/t11-,13-/m0/s1. The Kier molecular flexibility index (Phi) is 3.74. The molecule has 1 aliphatic carbocycles. The van der Waals surface area contributed by atoms with Crippen LogP contribution in [0, 0.1) is 5.92 Å². The Bertz CT molecular complexity index is 650. The monoisotopic (exact) mass is 272 g/mol. The molecule has 0 amide bonds. The van der Waals surface area contributed by atoms with Gasteiger partial charge in [-0.1, -0.05) is 0 Å². The first-order chi connectivity index (χ1) is 9.76. The van der Waals surface area contributed by atoms with Crippen molar-refractivity contribution in [3.05, 3.63) is 40.8 Å². The van der Waals surface area contributed by atoms with Gasteiger partial charge in [-0.25, -0.2) is 0 Å². The Balaban J connectivity index is 1.74. The highest BCUT2D eigenvalue weighted by molar-refractivity contribution is 5.82.